The molecule has 1 aliphatic carbocycles. The molecular weight excluding hydrogens is 435 g/mol. The Morgan fingerprint density at radius 1 is 1.18 bits per heavy atom. The molecule has 3 aliphatic rings. The fourth-order valence-corrected chi connectivity index (χ4v) is 5.51. The highest BCUT2D eigenvalue weighted by molar-refractivity contribution is 5.64. The van der Waals surface area contributed by atoms with Crippen LogP contribution in [0.4, 0.5) is 19.0 Å². The summed E-state index contributed by atoms with van der Waals surface area (Å²) in [6.07, 6.45) is 4.76. The molecule has 3 N–H and O–H groups in total. The number of aromatic nitrogens is 5. The number of hydrogen-bond acceptors (Lipinski definition) is 6. The van der Waals surface area contributed by atoms with Crippen molar-refractivity contribution in [3.8, 4) is 17.0 Å². The van der Waals surface area contributed by atoms with E-state index in [4.69, 9.17) is 5.73 Å². The van der Waals surface area contributed by atoms with Gasteiger partial charge in [0.1, 0.15) is 5.82 Å². The molecule has 11 heteroatoms. The monoisotopic (exact) mass is 459 g/mol. The molecule has 3 aromatic heterocycles. The van der Waals surface area contributed by atoms with Gasteiger partial charge < -0.3 is 15.5 Å². The lowest BCUT2D eigenvalue weighted by Gasteiger charge is -2.29. The summed E-state index contributed by atoms with van der Waals surface area (Å²) in [7, 11) is 0. The number of aromatic amines is 1. The number of fused-ring (bicyclic) bond motifs is 2. The highest BCUT2D eigenvalue weighted by Crippen LogP contribution is 2.50. The maximum absolute atomic E-state index is 12.7. The van der Waals surface area contributed by atoms with E-state index in [1.54, 1.807) is 0 Å². The molecule has 0 bridgehead atoms. The van der Waals surface area contributed by atoms with Gasteiger partial charge in [-0.25, -0.2) is 9.97 Å². The summed E-state index contributed by atoms with van der Waals surface area (Å²) in [6, 6.07) is 3.54. The van der Waals surface area contributed by atoms with Gasteiger partial charge in [-0.15, -0.1) is 13.2 Å². The minimum Gasteiger partial charge on any atom is -0.402 e. The summed E-state index contributed by atoms with van der Waals surface area (Å²) in [5.74, 6) is 0.850. The number of pyridine rings is 1. The van der Waals surface area contributed by atoms with Gasteiger partial charge in [-0.05, 0) is 50.3 Å². The van der Waals surface area contributed by atoms with E-state index in [1.165, 1.54) is 25.1 Å². The number of anilines is 1. The molecular formula is C22H24F3N7O. The first-order valence-electron chi connectivity index (χ1n) is 11.1. The molecule has 2 aliphatic heterocycles. The second kappa shape index (κ2) is 7.21. The lowest BCUT2D eigenvalue weighted by Crippen LogP contribution is -2.33. The number of ether oxygens (including phenoxy) is 1. The van der Waals surface area contributed by atoms with Crippen LogP contribution < -0.4 is 10.5 Å². The Kier molecular flexibility index (Phi) is 4.48. The zero-order valence-corrected chi connectivity index (χ0v) is 17.8. The third-order valence-electron chi connectivity index (χ3n) is 7.17. The fourth-order valence-electron chi connectivity index (χ4n) is 5.51. The van der Waals surface area contributed by atoms with Crippen molar-refractivity contribution in [2.45, 2.75) is 50.0 Å². The summed E-state index contributed by atoms with van der Waals surface area (Å²) in [5.41, 5.74) is 7.71. The number of likely N-dealkylation sites (tertiary alicyclic amines) is 1. The average Bonchev–Trinajstić information content (AvgIpc) is 3.16. The number of nitrogens with one attached hydrogen (secondary N) is 1. The molecule has 0 radical (unpaired) electrons. The van der Waals surface area contributed by atoms with Crippen molar-refractivity contribution in [3.05, 3.63) is 42.2 Å². The quantitative estimate of drug-likeness (QED) is 0.605. The lowest BCUT2D eigenvalue weighted by atomic mass is 9.82. The van der Waals surface area contributed by atoms with Gasteiger partial charge in [0.05, 0.1) is 11.7 Å². The average molecular weight is 459 g/mol. The van der Waals surface area contributed by atoms with Crippen LogP contribution in [0.15, 0.2) is 30.7 Å². The molecule has 0 aromatic carbocycles. The molecule has 1 saturated carbocycles. The molecule has 2 atom stereocenters. The number of nitrogens with zero attached hydrogens (tertiary/aromatic N) is 5. The second-order valence-corrected chi connectivity index (χ2v) is 9.30. The maximum Gasteiger partial charge on any atom is 0.573 e. The number of alkyl halides is 3. The minimum absolute atomic E-state index is 0.0163. The number of rotatable bonds is 5. The molecule has 3 aromatic rings. The van der Waals surface area contributed by atoms with Crippen LogP contribution in [-0.4, -0.2) is 49.1 Å². The predicted octanol–water partition coefficient (Wildman–Crippen LogP) is 3.65. The van der Waals surface area contributed by atoms with Crippen molar-refractivity contribution < 1.29 is 17.9 Å². The number of hydrogen-bond donors (Lipinski definition) is 2. The van der Waals surface area contributed by atoms with Gasteiger partial charge in [0, 0.05) is 48.4 Å². The summed E-state index contributed by atoms with van der Waals surface area (Å²) in [6.45, 7) is 2.68. The van der Waals surface area contributed by atoms with Crippen molar-refractivity contribution in [1.82, 2.24) is 29.6 Å². The van der Waals surface area contributed by atoms with E-state index < -0.39 is 12.1 Å². The zero-order chi connectivity index (χ0) is 22.8. The first-order chi connectivity index (χ1) is 15.8. The number of H-pyrrole nitrogens is 1. The van der Waals surface area contributed by atoms with Crippen LogP contribution >= 0.6 is 0 Å². The Bertz CT molecular complexity index is 1170. The summed E-state index contributed by atoms with van der Waals surface area (Å²) >= 11 is 0. The SMILES string of the molecule is Nc1ncc(-c2cc3n(n2)CC[C@@]32CCN(C(c3ncc[nH]3)C3CC3)C2)cc1OC(F)(F)F. The van der Waals surface area contributed by atoms with Crippen LogP contribution in [0.1, 0.15) is 43.2 Å². The van der Waals surface area contributed by atoms with Crippen LogP contribution in [0.25, 0.3) is 11.3 Å². The van der Waals surface area contributed by atoms with E-state index >= 15 is 0 Å². The van der Waals surface area contributed by atoms with E-state index in [2.05, 4.69) is 29.7 Å². The number of nitrogens with two attached hydrogens (primary N) is 1. The third kappa shape index (κ3) is 3.64. The summed E-state index contributed by atoms with van der Waals surface area (Å²) in [4.78, 5) is 14.3. The Morgan fingerprint density at radius 3 is 2.73 bits per heavy atom. The van der Waals surface area contributed by atoms with Gasteiger partial charge in [0.2, 0.25) is 0 Å². The van der Waals surface area contributed by atoms with Crippen LogP contribution in [-0.2, 0) is 12.0 Å². The van der Waals surface area contributed by atoms with Crippen molar-refractivity contribution in [2.75, 3.05) is 18.8 Å². The van der Waals surface area contributed by atoms with E-state index in [9.17, 15) is 13.2 Å². The number of nitrogen functional groups attached to an aromatic ring is 1. The third-order valence-corrected chi connectivity index (χ3v) is 7.17. The van der Waals surface area contributed by atoms with Crippen molar-refractivity contribution in [2.24, 2.45) is 5.92 Å². The number of imidazole rings is 1. The molecule has 1 saturated heterocycles. The normalized spacial score (nSPS) is 23.8. The highest BCUT2D eigenvalue weighted by atomic mass is 19.4. The van der Waals surface area contributed by atoms with Crippen LogP contribution in [0.2, 0.25) is 0 Å². The Morgan fingerprint density at radius 2 is 2.00 bits per heavy atom. The second-order valence-electron chi connectivity index (χ2n) is 9.30. The predicted molar refractivity (Wildman–Crippen MR) is 113 cm³/mol. The molecule has 6 rings (SSSR count). The molecule has 5 heterocycles. The Balaban J connectivity index is 1.28. The van der Waals surface area contributed by atoms with Crippen molar-refractivity contribution in [1.29, 1.82) is 0 Å². The van der Waals surface area contributed by atoms with Gasteiger partial charge in [-0.3, -0.25) is 9.58 Å². The molecule has 33 heavy (non-hydrogen) atoms. The van der Waals surface area contributed by atoms with Crippen LogP contribution in [0.3, 0.4) is 0 Å². The minimum atomic E-state index is -4.84. The Hall–Kier alpha value is -3.08. The standard InChI is InChI=1S/C22H24F3N7O/c23-22(24,25)33-16-9-14(11-29-19(16)26)15-10-17-21(4-8-32(17)30-15)3-7-31(12-21)18(13-1-2-13)20-27-5-6-28-20/h5-6,9-11,13,18H,1-4,7-8,12H2,(H2,26,29)(H,27,28)/t18?,21-/m1/s1. The Labute approximate surface area is 188 Å². The van der Waals surface area contributed by atoms with Gasteiger partial charge in [0.25, 0.3) is 0 Å². The molecule has 8 nitrogen and oxygen atoms in total. The summed E-state index contributed by atoms with van der Waals surface area (Å²) < 4.78 is 44.2. The molecule has 1 spiro atoms. The van der Waals surface area contributed by atoms with E-state index in [0.717, 1.165) is 44.0 Å². The molecule has 0 amide bonds. The lowest BCUT2D eigenvalue weighted by molar-refractivity contribution is -0.274. The summed E-state index contributed by atoms with van der Waals surface area (Å²) in [5, 5.41) is 4.68. The fraction of sp³-hybridized carbons (Fsp3) is 0.500. The largest absolute Gasteiger partial charge is 0.573 e. The topological polar surface area (TPSA) is 97.9 Å². The van der Waals surface area contributed by atoms with Gasteiger partial charge in [-0.1, -0.05) is 0 Å². The number of halogens is 3. The molecule has 2 fully saturated rings. The first kappa shape index (κ1) is 20.5. The van der Waals surface area contributed by atoms with E-state index in [0.29, 0.717) is 23.2 Å². The van der Waals surface area contributed by atoms with E-state index in [-0.39, 0.29) is 11.2 Å². The zero-order valence-electron chi connectivity index (χ0n) is 17.8. The maximum atomic E-state index is 12.7. The molecule has 174 valence electrons. The van der Waals surface area contributed by atoms with Crippen LogP contribution in [0, 0.1) is 5.92 Å². The van der Waals surface area contributed by atoms with Crippen LogP contribution in [0.5, 0.6) is 5.75 Å². The number of aryl methyl sites for hydroxylation is 1. The smallest absolute Gasteiger partial charge is 0.402 e. The van der Waals surface area contributed by atoms with Gasteiger partial charge in [0.15, 0.2) is 11.6 Å². The van der Waals surface area contributed by atoms with Crippen molar-refractivity contribution >= 4 is 5.82 Å². The first-order valence-corrected chi connectivity index (χ1v) is 11.1. The van der Waals surface area contributed by atoms with Crippen molar-refractivity contribution in [3.63, 3.8) is 0 Å². The van der Waals surface area contributed by atoms with Gasteiger partial charge in [-0.2, -0.15) is 5.10 Å². The van der Waals surface area contributed by atoms with Gasteiger partial charge >= 0.3 is 6.36 Å². The van der Waals surface area contributed by atoms with E-state index in [1.807, 2.05) is 23.1 Å². The highest BCUT2D eigenvalue weighted by Gasteiger charge is 2.50. The molecule has 1 unspecified atom stereocenters.